The van der Waals surface area contributed by atoms with Crippen LogP contribution >= 0.6 is 0 Å². The Kier molecular flexibility index (Phi) is 6.89. The van der Waals surface area contributed by atoms with Crippen LogP contribution in [0.4, 0.5) is 0 Å². The minimum absolute atomic E-state index is 0.263. The van der Waals surface area contributed by atoms with Gasteiger partial charge >= 0.3 is 0 Å². The quantitative estimate of drug-likeness (QED) is 0.432. The molecule has 0 aliphatic rings. The van der Waals surface area contributed by atoms with E-state index in [-0.39, 0.29) is 11.1 Å². The highest BCUT2D eigenvalue weighted by Crippen LogP contribution is 2.40. The number of hydrogen-bond acceptors (Lipinski definition) is 6. The molecule has 31 heavy (non-hydrogen) atoms. The van der Waals surface area contributed by atoms with E-state index in [9.17, 15) is 9.90 Å². The van der Waals surface area contributed by atoms with Crippen LogP contribution in [0.1, 0.15) is 16.7 Å². The number of para-hydroxylation sites is 2. The number of rotatable bonds is 8. The molecule has 0 fully saturated rings. The number of carbonyl (C=O) groups is 1. The third kappa shape index (κ3) is 4.51. The van der Waals surface area contributed by atoms with Crippen molar-refractivity contribution < 1.29 is 24.1 Å². The minimum Gasteiger partial charge on any atom is -0.497 e. The summed E-state index contributed by atoms with van der Waals surface area (Å²) in [6, 6.07) is 20.7. The Morgan fingerprint density at radius 1 is 0.839 bits per heavy atom. The molecule has 3 aromatic rings. The van der Waals surface area contributed by atoms with E-state index in [1.807, 2.05) is 0 Å². The van der Waals surface area contributed by atoms with Crippen molar-refractivity contribution in [3.63, 3.8) is 0 Å². The highest BCUT2D eigenvalue weighted by atomic mass is 16.5. The summed E-state index contributed by atoms with van der Waals surface area (Å²) < 4.78 is 15.9. The molecule has 7 heteroatoms. The number of hydrazone groups is 1. The molecule has 0 bridgehead atoms. The van der Waals surface area contributed by atoms with Gasteiger partial charge in [0.15, 0.2) is 0 Å². The summed E-state index contributed by atoms with van der Waals surface area (Å²) in [5, 5.41) is 15.8. The molecule has 0 saturated heterocycles. The molecule has 2 N–H and O–H groups in total. The van der Waals surface area contributed by atoms with Crippen molar-refractivity contribution in [2.45, 2.75) is 5.60 Å². The average Bonchev–Trinajstić information content (AvgIpc) is 2.83. The largest absolute Gasteiger partial charge is 0.497 e. The molecule has 160 valence electrons. The highest BCUT2D eigenvalue weighted by Gasteiger charge is 2.44. The van der Waals surface area contributed by atoms with E-state index < -0.39 is 11.5 Å². The lowest BCUT2D eigenvalue weighted by Gasteiger charge is -2.29. The molecular weight excluding hydrogens is 396 g/mol. The van der Waals surface area contributed by atoms with Gasteiger partial charge in [-0.3, -0.25) is 4.79 Å². The fraction of sp³-hybridized carbons (Fsp3) is 0.167. The van der Waals surface area contributed by atoms with E-state index in [0.717, 1.165) is 5.56 Å². The van der Waals surface area contributed by atoms with Crippen molar-refractivity contribution in [2.24, 2.45) is 5.10 Å². The first kappa shape index (κ1) is 21.9. The van der Waals surface area contributed by atoms with Crippen LogP contribution in [0, 0.1) is 0 Å². The van der Waals surface area contributed by atoms with Gasteiger partial charge < -0.3 is 19.3 Å². The third-order valence-electron chi connectivity index (χ3n) is 4.82. The van der Waals surface area contributed by atoms with Gasteiger partial charge in [-0.2, -0.15) is 5.10 Å². The molecule has 1 amide bonds. The second kappa shape index (κ2) is 9.77. The predicted octanol–water partition coefficient (Wildman–Crippen LogP) is 3.10. The van der Waals surface area contributed by atoms with Crippen LogP contribution in [0.5, 0.6) is 17.2 Å². The van der Waals surface area contributed by atoms with Crippen molar-refractivity contribution in [1.82, 2.24) is 5.43 Å². The second-order valence-electron chi connectivity index (χ2n) is 6.58. The average molecular weight is 420 g/mol. The van der Waals surface area contributed by atoms with Crippen LogP contribution < -0.4 is 19.6 Å². The molecule has 0 aromatic heterocycles. The number of nitrogens with one attached hydrogen (secondary N) is 1. The summed E-state index contributed by atoms with van der Waals surface area (Å²) in [4.78, 5) is 13.3. The molecule has 3 rings (SSSR count). The van der Waals surface area contributed by atoms with E-state index in [1.165, 1.54) is 20.4 Å². The summed E-state index contributed by atoms with van der Waals surface area (Å²) >= 11 is 0. The molecule has 7 nitrogen and oxygen atoms in total. The monoisotopic (exact) mass is 420 g/mol. The molecule has 0 aliphatic carbocycles. The lowest BCUT2D eigenvalue weighted by molar-refractivity contribution is -0.136. The molecule has 0 radical (unpaired) electrons. The van der Waals surface area contributed by atoms with Crippen LogP contribution in [0.2, 0.25) is 0 Å². The zero-order valence-electron chi connectivity index (χ0n) is 17.5. The van der Waals surface area contributed by atoms with E-state index in [4.69, 9.17) is 14.2 Å². The molecule has 3 aromatic carbocycles. The second-order valence-corrected chi connectivity index (χ2v) is 6.58. The number of aliphatic hydroxyl groups is 1. The lowest BCUT2D eigenvalue weighted by atomic mass is 9.84. The van der Waals surface area contributed by atoms with Crippen LogP contribution in [-0.2, 0) is 10.4 Å². The maximum absolute atomic E-state index is 13.3. The van der Waals surface area contributed by atoms with Gasteiger partial charge in [-0.05, 0) is 42.0 Å². The lowest BCUT2D eigenvalue weighted by Crippen LogP contribution is -2.44. The first-order chi connectivity index (χ1) is 15.0. The van der Waals surface area contributed by atoms with Crippen molar-refractivity contribution in [1.29, 1.82) is 0 Å². The molecule has 0 aliphatic heterocycles. The molecule has 0 unspecified atom stereocenters. The van der Waals surface area contributed by atoms with Crippen LogP contribution in [0.3, 0.4) is 0 Å². The number of benzene rings is 3. The van der Waals surface area contributed by atoms with Crippen LogP contribution in [0.25, 0.3) is 0 Å². The first-order valence-corrected chi connectivity index (χ1v) is 9.51. The number of ether oxygens (including phenoxy) is 3. The standard InChI is InChI=1S/C24H24N2O5/c1-29-18-14-12-17(13-15-18)16-25-26-23(27)24(28,19-8-4-6-10-21(19)30-2)20-9-5-7-11-22(20)31-3/h4-16,28H,1-3H3,(H,26,27)/b25-16-. The van der Waals surface area contributed by atoms with Crippen molar-refractivity contribution in [3.05, 3.63) is 89.5 Å². The number of carbonyl (C=O) groups excluding carboxylic acids is 1. The molecule has 0 saturated carbocycles. The van der Waals surface area contributed by atoms with Crippen LogP contribution in [-0.4, -0.2) is 38.6 Å². The van der Waals surface area contributed by atoms with Gasteiger partial charge in [-0.25, -0.2) is 5.43 Å². The van der Waals surface area contributed by atoms with Crippen LogP contribution in [0.15, 0.2) is 77.9 Å². The van der Waals surface area contributed by atoms with Crippen molar-refractivity contribution in [2.75, 3.05) is 21.3 Å². The normalized spacial score (nSPS) is 11.2. The molecule has 0 spiro atoms. The smallest absolute Gasteiger partial charge is 0.281 e. The summed E-state index contributed by atoms with van der Waals surface area (Å²) in [7, 11) is 4.53. The highest BCUT2D eigenvalue weighted by molar-refractivity contribution is 5.92. The van der Waals surface area contributed by atoms with Gasteiger partial charge in [0.2, 0.25) is 5.60 Å². The maximum atomic E-state index is 13.3. The molecular formula is C24H24N2O5. The van der Waals surface area contributed by atoms with Gasteiger partial charge in [0.1, 0.15) is 17.2 Å². The van der Waals surface area contributed by atoms with E-state index in [1.54, 1.807) is 79.9 Å². The molecule has 0 atom stereocenters. The summed E-state index contributed by atoms with van der Waals surface area (Å²) in [5.74, 6) is 0.657. The van der Waals surface area contributed by atoms with E-state index in [0.29, 0.717) is 17.2 Å². The Bertz CT molecular complexity index is 1020. The Hall–Kier alpha value is -3.84. The van der Waals surface area contributed by atoms with Gasteiger partial charge in [-0.15, -0.1) is 0 Å². The Morgan fingerprint density at radius 2 is 1.35 bits per heavy atom. The predicted molar refractivity (Wildman–Crippen MR) is 118 cm³/mol. The number of hydrogen-bond donors (Lipinski definition) is 2. The third-order valence-corrected chi connectivity index (χ3v) is 4.82. The Balaban J connectivity index is 1.99. The first-order valence-electron chi connectivity index (χ1n) is 9.51. The number of methoxy groups -OCH3 is 3. The topological polar surface area (TPSA) is 89.4 Å². The zero-order valence-corrected chi connectivity index (χ0v) is 17.5. The van der Waals surface area contributed by atoms with Gasteiger partial charge in [0.25, 0.3) is 5.91 Å². The summed E-state index contributed by atoms with van der Waals surface area (Å²) in [6.07, 6.45) is 1.47. The van der Waals surface area contributed by atoms with E-state index >= 15 is 0 Å². The van der Waals surface area contributed by atoms with Crippen molar-refractivity contribution in [3.8, 4) is 17.2 Å². The number of nitrogens with zero attached hydrogens (tertiary/aromatic N) is 1. The Morgan fingerprint density at radius 3 is 1.84 bits per heavy atom. The Labute approximate surface area is 180 Å². The summed E-state index contributed by atoms with van der Waals surface area (Å²) in [6.45, 7) is 0. The summed E-state index contributed by atoms with van der Waals surface area (Å²) in [5.41, 5.74) is 1.60. The number of amides is 1. The maximum Gasteiger partial charge on any atom is 0.281 e. The zero-order chi connectivity index (χ0) is 22.3. The minimum atomic E-state index is -2.11. The van der Waals surface area contributed by atoms with Gasteiger partial charge in [0.05, 0.1) is 27.5 Å². The SMILES string of the molecule is COc1ccc(/C=N\NC(=O)C(O)(c2ccccc2OC)c2ccccc2OC)cc1. The molecule has 0 heterocycles. The van der Waals surface area contributed by atoms with Gasteiger partial charge in [-0.1, -0.05) is 36.4 Å². The van der Waals surface area contributed by atoms with E-state index in [2.05, 4.69) is 10.5 Å². The fourth-order valence-corrected chi connectivity index (χ4v) is 3.21. The van der Waals surface area contributed by atoms with Crippen molar-refractivity contribution >= 4 is 12.1 Å². The van der Waals surface area contributed by atoms with Gasteiger partial charge in [0, 0.05) is 11.1 Å². The fourth-order valence-electron chi connectivity index (χ4n) is 3.21.